The average Bonchev–Trinajstić information content (AvgIpc) is 2.97. The van der Waals surface area contributed by atoms with Crippen molar-refractivity contribution < 1.29 is 4.79 Å². The van der Waals surface area contributed by atoms with Crippen molar-refractivity contribution in [1.29, 1.82) is 0 Å². The van der Waals surface area contributed by atoms with Crippen LogP contribution in [0.3, 0.4) is 0 Å². The lowest BCUT2D eigenvalue weighted by Gasteiger charge is -2.09. The number of aryl methyl sites for hydroxylation is 2. The van der Waals surface area contributed by atoms with E-state index in [0.29, 0.717) is 22.0 Å². The lowest BCUT2D eigenvalue weighted by Crippen LogP contribution is -2.13. The molecule has 1 N–H and O–H groups in total. The van der Waals surface area contributed by atoms with Gasteiger partial charge in [-0.05, 0) is 55.8 Å². The summed E-state index contributed by atoms with van der Waals surface area (Å²) < 4.78 is 0. The molecule has 0 aliphatic rings. The molecule has 0 saturated carbocycles. The van der Waals surface area contributed by atoms with Gasteiger partial charge in [-0.3, -0.25) is 9.78 Å². The van der Waals surface area contributed by atoms with E-state index < -0.39 is 0 Å². The fraction of sp³-hybridized carbons (Fsp3) is 0.111. The zero-order chi connectivity index (χ0) is 16.4. The number of anilines is 1. The summed E-state index contributed by atoms with van der Waals surface area (Å²) in [7, 11) is 0. The number of carbonyl (C=O) groups is 1. The summed E-state index contributed by atoms with van der Waals surface area (Å²) in [5.41, 5.74) is 2.89. The molecule has 5 heteroatoms. The van der Waals surface area contributed by atoms with Gasteiger partial charge in [0.2, 0.25) is 0 Å². The number of nitrogens with zero attached hydrogens (tertiary/aromatic N) is 1. The molecule has 0 saturated heterocycles. The number of thiophene rings is 1. The van der Waals surface area contributed by atoms with Crippen LogP contribution in [-0.2, 0) is 0 Å². The van der Waals surface area contributed by atoms with E-state index in [0.717, 1.165) is 10.4 Å². The van der Waals surface area contributed by atoms with E-state index in [9.17, 15) is 4.79 Å². The summed E-state index contributed by atoms with van der Waals surface area (Å²) in [4.78, 5) is 19.2. The van der Waals surface area contributed by atoms with Crippen LogP contribution in [-0.4, -0.2) is 10.9 Å². The van der Waals surface area contributed by atoms with Gasteiger partial charge in [-0.2, -0.15) is 0 Å². The van der Waals surface area contributed by atoms with E-state index in [1.165, 1.54) is 4.88 Å². The molecular weight excluding hydrogens is 328 g/mol. The fourth-order valence-electron chi connectivity index (χ4n) is 2.22. The van der Waals surface area contributed by atoms with Crippen molar-refractivity contribution >= 4 is 34.5 Å². The van der Waals surface area contributed by atoms with Gasteiger partial charge in [0.1, 0.15) is 0 Å². The maximum absolute atomic E-state index is 12.6. The van der Waals surface area contributed by atoms with Crippen molar-refractivity contribution in [3.05, 3.63) is 69.7 Å². The highest BCUT2D eigenvalue weighted by molar-refractivity contribution is 7.15. The molecule has 0 aliphatic heterocycles. The van der Waals surface area contributed by atoms with Crippen LogP contribution in [0.1, 0.15) is 20.8 Å². The topological polar surface area (TPSA) is 42.0 Å². The summed E-state index contributed by atoms with van der Waals surface area (Å²) in [6, 6.07) is 13.0. The molecule has 1 amide bonds. The van der Waals surface area contributed by atoms with Crippen molar-refractivity contribution in [3.8, 4) is 10.6 Å². The van der Waals surface area contributed by atoms with Gasteiger partial charge in [-0.15, -0.1) is 11.3 Å². The second-order valence-corrected chi connectivity index (χ2v) is 6.92. The number of rotatable bonds is 3. The fourth-order valence-corrected chi connectivity index (χ4v) is 3.27. The van der Waals surface area contributed by atoms with E-state index in [2.05, 4.69) is 10.3 Å². The highest BCUT2D eigenvalue weighted by atomic mass is 35.5. The predicted molar refractivity (Wildman–Crippen MR) is 96.4 cm³/mol. The Bertz CT molecular complexity index is 873. The first-order valence-electron chi connectivity index (χ1n) is 7.14. The van der Waals surface area contributed by atoms with E-state index in [-0.39, 0.29) is 5.91 Å². The zero-order valence-corrected chi connectivity index (χ0v) is 14.3. The van der Waals surface area contributed by atoms with Crippen molar-refractivity contribution in [1.82, 2.24) is 4.98 Å². The molecule has 0 fully saturated rings. The van der Waals surface area contributed by atoms with Gasteiger partial charge in [-0.25, -0.2) is 0 Å². The number of pyridine rings is 1. The Kier molecular flexibility index (Phi) is 4.46. The molecule has 0 spiro atoms. The average molecular weight is 343 g/mol. The number of benzene rings is 1. The summed E-state index contributed by atoms with van der Waals surface area (Å²) in [6.45, 7) is 3.96. The van der Waals surface area contributed by atoms with Gasteiger partial charge in [0, 0.05) is 21.8 Å². The van der Waals surface area contributed by atoms with Gasteiger partial charge in [0.25, 0.3) is 5.91 Å². The normalized spacial score (nSPS) is 10.6. The van der Waals surface area contributed by atoms with Gasteiger partial charge in [-0.1, -0.05) is 17.7 Å². The van der Waals surface area contributed by atoms with Crippen molar-refractivity contribution in [2.45, 2.75) is 13.8 Å². The lowest BCUT2D eigenvalue weighted by atomic mass is 10.1. The Hall–Kier alpha value is -2.17. The molecule has 2 heterocycles. The smallest absolute Gasteiger partial charge is 0.257 e. The van der Waals surface area contributed by atoms with Crippen LogP contribution < -0.4 is 5.32 Å². The van der Waals surface area contributed by atoms with Crippen LogP contribution >= 0.6 is 22.9 Å². The maximum atomic E-state index is 12.6. The van der Waals surface area contributed by atoms with Gasteiger partial charge >= 0.3 is 0 Å². The van der Waals surface area contributed by atoms with Crippen molar-refractivity contribution in [3.63, 3.8) is 0 Å². The number of hydrogen-bond donors (Lipinski definition) is 1. The quantitative estimate of drug-likeness (QED) is 0.698. The van der Waals surface area contributed by atoms with E-state index in [4.69, 9.17) is 11.6 Å². The number of carbonyl (C=O) groups excluding carboxylic acids is 1. The van der Waals surface area contributed by atoms with Crippen molar-refractivity contribution in [2.75, 3.05) is 5.32 Å². The molecule has 0 aliphatic carbocycles. The first-order valence-corrected chi connectivity index (χ1v) is 8.33. The molecule has 0 bridgehead atoms. The minimum Gasteiger partial charge on any atom is -0.322 e. The van der Waals surface area contributed by atoms with Crippen molar-refractivity contribution in [2.24, 2.45) is 0 Å². The number of amides is 1. The van der Waals surface area contributed by atoms with E-state index in [1.54, 1.807) is 35.7 Å². The third-order valence-corrected chi connectivity index (χ3v) is 4.87. The molecule has 2 aromatic heterocycles. The third kappa shape index (κ3) is 3.44. The summed E-state index contributed by atoms with van der Waals surface area (Å²) in [5.74, 6) is -0.195. The van der Waals surface area contributed by atoms with Crippen LogP contribution in [0.15, 0.2) is 48.7 Å². The summed E-state index contributed by atoms with van der Waals surface area (Å²) >= 11 is 7.73. The highest BCUT2D eigenvalue weighted by Gasteiger charge is 2.15. The second-order valence-electron chi connectivity index (χ2n) is 5.23. The number of nitrogens with one attached hydrogen (secondary N) is 1. The Balaban J connectivity index is 1.92. The Morgan fingerprint density at radius 3 is 2.70 bits per heavy atom. The highest BCUT2D eigenvalue weighted by Crippen LogP contribution is 2.29. The molecule has 116 valence electrons. The summed E-state index contributed by atoms with van der Waals surface area (Å²) in [5, 5.41) is 3.51. The van der Waals surface area contributed by atoms with E-state index >= 15 is 0 Å². The van der Waals surface area contributed by atoms with Crippen LogP contribution in [0, 0.1) is 13.8 Å². The lowest BCUT2D eigenvalue weighted by molar-refractivity contribution is 0.102. The second kappa shape index (κ2) is 6.52. The Morgan fingerprint density at radius 2 is 2.00 bits per heavy atom. The minimum atomic E-state index is -0.195. The first-order chi connectivity index (χ1) is 11.0. The van der Waals surface area contributed by atoms with Gasteiger partial charge in [0.05, 0.1) is 16.1 Å². The number of halogens is 1. The molecule has 0 atom stereocenters. The largest absolute Gasteiger partial charge is 0.322 e. The minimum absolute atomic E-state index is 0.195. The van der Waals surface area contributed by atoms with Crippen LogP contribution in [0.5, 0.6) is 0 Å². The van der Waals surface area contributed by atoms with Gasteiger partial charge < -0.3 is 5.32 Å². The SMILES string of the molecule is Cc1ccc(-c2ncccc2C(=O)Nc2ccc(C)c(Cl)c2)s1. The molecule has 3 nitrogen and oxygen atoms in total. The number of aromatic nitrogens is 1. The zero-order valence-electron chi connectivity index (χ0n) is 12.8. The molecule has 23 heavy (non-hydrogen) atoms. The first kappa shape index (κ1) is 15.7. The van der Waals surface area contributed by atoms with Crippen LogP contribution in [0.4, 0.5) is 5.69 Å². The third-order valence-electron chi connectivity index (χ3n) is 3.46. The van der Waals surface area contributed by atoms with Gasteiger partial charge in [0.15, 0.2) is 0 Å². The predicted octanol–water partition coefficient (Wildman–Crippen LogP) is 5.33. The standard InChI is InChI=1S/C18H15ClN2OS/c1-11-5-7-13(10-15(11)19)21-18(22)14-4-3-9-20-17(14)16-8-6-12(2)23-16/h3-10H,1-2H3,(H,21,22). The maximum Gasteiger partial charge on any atom is 0.257 e. The van der Waals surface area contributed by atoms with Crippen LogP contribution in [0.2, 0.25) is 5.02 Å². The molecule has 1 aromatic carbocycles. The Labute approximate surface area is 144 Å². The van der Waals surface area contributed by atoms with Crippen LogP contribution in [0.25, 0.3) is 10.6 Å². The monoisotopic (exact) mass is 342 g/mol. The van der Waals surface area contributed by atoms with E-state index in [1.807, 2.05) is 38.1 Å². The molecule has 0 radical (unpaired) electrons. The molecular formula is C18H15ClN2OS. The molecule has 0 unspecified atom stereocenters. The molecule has 3 rings (SSSR count). The summed E-state index contributed by atoms with van der Waals surface area (Å²) in [6.07, 6.45) is 1.70. The Morgan fingerprint density at radius 1 is 1.17 bits per heavy atom. The number of hydrogen-bond acceptors (Lipinski definition) is 3. The molecule has 3 aromatic rings.